The molecular weight excluding hydrogens is 374 g/mol. The number of anilines is 2. The molecule has 3 amide bonds. The lowest BCUT2D eigenvalue weighted by atomic mass is 10.1. The molecule has 0 fully saturated rings. The fourth-order valence-electron chi connectivity index (χ4n) is 2.94. The van der Waals surface area contributed by atoms with Crippen LogP contribution in [0.2, 0.25) is 0 Å². The molecule has 28 heavy (non-hydrogen) atoms. The molecule has 0 atom stereocenters. The SMILES string of the molecule is Cc1nc(C)c2c(C)c(C(=O)Nc3ccc(NC(=O)NC(C)C)cc3)sc2n1. The molecule has 3 aromatic rings. The Morgan fingerprint density at radius 1 is 0.964 bits per heavy atom. The van der Waals surface area contributed by atoms with E-state index in [1.54, 1.807) is 24.3 Å². The van der Waals surface area contributed by atoms with E-state index in [0.717, 1.165) is 21.5 Å². The van der Waals surface area contributed by atoms with Crippen molar-refractivity contribution in [3.8, 4) is 0 Å². The Balaban J connectivity index is 1.75. The lowest BCUT2D eigenvalue weighted by Gasteiger charge is -2.11. The summed E-state index contributed by atoms with van der Waals surface area (Å²) in [7, 11) is 0. The Morgan fingerprint density at radius 2 is 1.57 bits per heavy atom. The highest BCUT2D eigenvalue weighted by Gasteiger charge is 2.18. The van der Waals surface area contributed by atoms with Crippen molar-refractivity contribution < 1.29 is 9.59 Å². The number of thiophene rings is 1. The molecule has 1 aromatic carbocycles. The summed E-state index contributed by atoms with van der Waals surface area (Å²) in [4.78, 5) is 34.8. The smallest absolute Gasteiger partial charge is 0.319 e. The number of fused-ring (bicyclic) bond motifs is 1. The van der Waals surface area contributed by atoms with Crippen LogP contribution in [0.3, 0.4) is 0 Å². The Morgan fingerprint density at radius 3 is 2.18 bits per heavy atom. The van der Waals surface area contributed by atoms with Crippen molar-refractivity contribution in [1.82, 2.24) is 15.3 Å². The molecule has 0 aliphatic carbocycles. The van der Waals surface area contributed by atoms with Gasteiger partial charge < -0.3 is 16.0 Å². The van der Waals surface area contributed by atoms with Crippen LogP contribution in [0, 0.1) is 20.8 Å². The Bertz CT molecular complexity index is 1040. The molecule has 0 radical (unpaired) electrons. The van der Waals surface area contributed by atoms with Crippen molar-refractivity contribution in [3.63, 3.8) is 0 Å². The van der Waals surface area contributed by atoms with Gasteiger partial charge in [0.1, 0.15) is 10.7 Å². The standard InChI is InChI=1S/C20H23N5O2S/c1-10(2)21-20(27)25-15-8-6-14(7-9-15)24-18(26)17-11(3)16-12(4)22-13(5)23-19(16)28-17/h6-10H,1-5H3,(H,24,26)(H2,21,25,27). The molecule has 0 saturated carbocycles. The summed E-state index contributed by atoms with van der Waals surface area (Å²) in [6.07, 6.45) is 0. The van der Waals surface area contributed by atoms with Gasteiger partial charge in [0.15, 0.2) is 0 Å². The molecule has 8 heteroatoms. The number of aryl methyl sites for hydroxylation is 3. The van der Waals surface area contributed by atoms with Gasteiger partial charge in [-0.3, -0.25) is 4.79 Å². The lowest BCUT2D eigenvalue weighted by Crippen LogP contribution is -2.34. The molecule has 0 saturated heterocycles. The van der Waals surface area contributed by atoms with Crippen LogP contribution in [0.25, 0.3) is 10.2 Å². The van der Waals surface area contributed by atoms with Gasteiger partial charge in [-0.05, 0) is 64.4 Å². The third-order valence-electron chi connectivity index (χ3n) is 4.11. The molecular formula is C20H23N5O2S. The fraction of sp³-hybridized carbons (Fsp3) is 0.300. The van der Waals surface area contributed by atoms with Crippen LogP contribution in [-0.2, 0) is 0 Å². The molecule has 2 aromatic heterocycles. The molecule has 0 unspecified atom stereocenters. The highest BCUT2D eigenvalue weighted by atomic mass is 32.1. The van der Waals surface area contributed by atoms with Gasteiger partial charge in [-0.1, -0.05) is 0 Å². The fourth-order valence-corrected chi connectivity index (χ4v) is 4.12. The first kappa shape index (κ1) is 19.8. The number of rotatable bonds is 4. The third kappa shape index (κ3) is 4.28. The number of hydrogen-bond donors (Lipinski definition) is 3. The third-order valence-corrected chi connectivity index (χ3v) is 5.29. The summed E-state index contributed by atoms with van der Waals surface area (Å²) < 4.78 is 0. The molecule has 0 aliphatic rings. The van der Waals surface area contributed by atoms with E-state index in [0.29, 0.717) is 22.1 Å². The second-order valence-electron chi connectivity index (χ2n) is 6.88. The number of benzene rings is 1. The average molecular weight is 398 g/mol. The van der Waals surface area contributed by atoms with E-state index < -0.39 is 0 Å². The summed E-state index contributed by atoms with van der Waals surface area (Å²) in [5, 5.41) is 9.35. The molecule has 0 bridgehead atoms. The van der Waals surface area contributed by atoms with Crippen LogP contribution >= 0.6 is 11.3 Å². The zero-order chi connectivity index (χ0) is 20.4. The van der Waals surface area contributed by atoms with E-state index in [-0.39, 0.29) is 18.0 Å². The molecule has 7 nitrogen and oxygen atoms in total. The molecule has 0 spiro atoms. The van der Waals surface area contributed by atoms with E-state index in [2.05, 4.69) is 25.9 Å². The lowest BCUT2D eigenvalue weighted by molar-refractivity contribution is 0.103. The second kappa shape index (κ2) is 7.93. The largest absolute Gasteiger partial charge is 0.336 e. The predicted octanol–water partition coefficient (Wildman–Crippen LogP) is 4.40. The quantitative estimate of drug-likeness (QED) is 0.608. The van der Waals surface area contributed by atoms with Crippen LogP contribution in [0.1, 0.15) is 40.6 Å². The Hall–Kier alpha value is -3.00. The van der Waals surface area contributed by atoms with Gasteiger partial charge in [-0.25, -0.2) is 14.8 Å². The minimum atomic E-state index is -0.264. The van der Waals surface area contributed by atoms with E-state index in [1.807, 2.05) is 34.6 Å². The van der Waals surface area contributed by atoms with Crippen molar-refractivity contribution in [1.29, 1.82) is 0 Å². The highest BCUT2D eigenvalue weighted by Crippen LogP contribution is 2.31. The van der Waals surface area contributed by atoms with Crippen LogP contribution in [0.5, 0.6) is 0 Å². The summed E-state index contributed by atoms with van der Waals surface area (Å²) >= 11 is 1.37. The molecule has 0 aliphatic heterocycles. The number of nitrogens with zero attached hydrogens (tertiary/aromatic N) is 2. The second-order valence-corrected chi connectivity index (χ2v) is 7.88. The van der Waals surface area contributed by atoms with Gasteiger partial charge >= 0.3 is 6.03 Å². The molecule has 3 N–H and O–H groups in total. The van der Waals surface area contributed by atoms with Crippen LogP contribution < -0.4 is 16.0 Å². The average Bonchev–Trinajstić information content (AvgIpc) is 2.92. The normalized spacial score (nSPS) is 10.9. The number of carbonyl (C=O) groups excluding carboxylic acids is 2. The van der Waals surface area contributed by atoms with Crippen molar-refractivity contribution in [2.45, 2.75) is 40.7 Å². The first-order chi connectivity index (χ1) is 13.2. The maximum Gasteiger partial charge on any atom is 0.319 e. The van der Waals surface area contributed by atoms with Crippen LogP contribution in [0.4, 0.5) is 16.2 Å². The van der Waals surface area contributed by atoms with E-state index in [9.17, 15) is 9.59 Å². The highest BCUT2D eigenvalue weighted by molar-refractivity contribution is 7.20. The van der Waals surface area contributed by atoms with Gasteiger partial charge in [0.2, 0.25) is 0 Å². The number of urea groups is 1. The van der Waals surface area contributed by atoms with Crippen LogP contribution in [0.15, 0.2) is 24.3 Å². The number of aromatic nitrogens is 2. The predicted molar refractivity (Wildman–Crippen MR) is 113 cm³/mol. The number of nitrogens with one attached hydrogen (secondary N) is 3. The first-order valence-electron chi connectivity index (χ1n) is 8.98. The Kier molecular flexibility index (Phi) is 5.60. The van der Waals surface area contributed by atoms with Crippen molar-refractivity contribution in [2.75, 3.05) is 10.6 Å². The van der Waals surface area contributed by atoms with Gasteiger partial charge in [0, 0.05) is 28.5 Å². The summed E-state index contributed by atoms with van der Waals surface area (Å²) in [5.41, 5.74) is 3.07. The number of hydrogen-bond acceptors (Lipinski definition) is 5. The maximum absolute atomic E-state index is 12.8. The zero-order valence-electron chi connectivity index (χ0n) is 16.5. The minimum Gasteiger partial charge on any atom is -0.336 e. The zero-order valence-corrected chi connectivity index (χ0v) is 17.3. The molecule has 3 rings (SSSR count). The monoisotopic (exact) mass is 397 g/mol. The summed E-state index contributed by atoms with van der Waals surface area (Å²) in [5.74, 6) is 0.513. The van der Waals surface area contributed by atoms with Crippen molar-refractivity contribution in [3.05, 3.63) is 46.2 Å². The summed E-state index contributed by atoms with van der Waals surface area (Å²) in [6.45, 7) is 9.48. The van der Waals surface area contributed by atoms with Crippen molar-refractivity contribution in [2.24, 2.45) is 0 Å². The Labute approximate surface area is 167 Å². The number of amides is 3. The van der Waals surface area contributed by atoms with Crippen molar-refractivity contribution >= 4 is 44.9 Å². The minimum absolute atomic E-state index is 0.0558. The van der Waals surface area contributed by atoms with E-state index >= 15 is 0 Å². The number of carbonyl (C=O) groups is 2. The van der Waals surface area contributed by atoms with Gasteiger partial charge in [0.05, 0.1) is 4.88 Å². The van der Waals surface area contributed by atoms with Gasteiger partial charge in [-0.2, -0.15) is 0 Å². The first-order valence-corrected chi connectivity index (χ1v) is 9.79. The topological polar surface area (TPSA) is 96.0 Å². The molecule has 146 valence electrons. The maximum atomic E-state index is 12.8. The van der Waals surface area contributed by atoms with Crippen LogP contribution in [-0.4, -0.2) is 27.9 Å². The summed E-state index contributed by atoms with van der Waals surface area (Å²) in [6, 6.07) is 6.78. The molecule has 2 heterocycles. The van der Waals surface area contributed by atoms with Gasteiger partial charge in [0.25, 0.3) is 5.91 Å². The van der Waals surface area contributed by atoms with E-state index in [1.165, 1.54) is 11.3 Å². The van der Waals surface area contributed by atoms with E-state index in [4.69, 9.17) is 0 Å². The van der Waals surface area contributed by atoms with Gasteiger partial charge in [-0.15, -0.1) is 11.3 Å².